The zero-order valence-electron chi connectivity index (χ0n) is 20.6. The number of anilines is 1. The van der Waals surface area contributed by atoms with Gasteiger partial charge in [-0.1, -0.05) is 26.8 Å². The molecular weight excluding hydrogens is 448 g/mol. The molecule has 8 nitrogen and oxygen atoms in total. The predicted octanol–water partition coefficient (Wildman–Crippen LogP) is 3.70. The lowest BCUT2D eigenvalue weighted by molar-refractivity contribution is -0.118. The summed E-state index contributed by atoms with van der Waals surface area (Å²) in [6.45, 7) is 6.40. The topological polar surface area (TPSA) is 102 Å². The van der Waals surface area contributed by atoms with Gasteiger partial charge in [-0.3, -0.25) is 4.79 Å². The molecule has 0 unspecified atom stereocenters. The quantitative estimate of drug-likeness (QED) is 0.477. The van der Waals surface area contributed by atoms with E-state index in [0.717, 1.165) is 35.0 Å². The van der Waals surface area contributed by atoms with Gasteiger partial charge in [0.2, 0.25) is 12.7 Å². The van der Waals surface area contributed by atoms with Gasteiger partial charge in [0.05, 0.1) is 37.3 Å². The molecule has 0 radical (unpaired) electrons. The van der Waals surface area contributed by atoms with Crippen LogP contribution < -0.4 is 19.5 Å². The van der Waals surface area contributed by atoms with Crippen molar-refractivity contribution in [2.75, 3.05) is 25.8 Å². The minimum atomic E-state index is -0.896. The number of fused-ring (bicyclic) bond motifs is 2. The summed E-state index contributed by atoms with van der Waals surface area (Å²) < 4.78 is 18.6. The molecule has 2 aromatic carbocycles. The van der Waals surface area contributed by atoms with Gasteiger partial charge in [-0.15, -0.1) is 0 Å². The molecule has 2 aliphatic rings. The Bertz CT molecular complexity index is 1290. The van der Waals surface area contributed by atoms with Crippen LogP contribution >= 0.6 is 0 Å². The number of aromatic nitrogens is 1. The van der Waals surface area contributed by atoms with Crippen molar-refractivity contribution in [3.63, 3.8) is 0 Å². The maximum absolute atomic E-state index is 13.5. The summed E-state index contributed by atoms with van der Waals surface area (Å²) >= 11 is 0. The highest BCUT2D eigenvalue weighted by Gasteiger charge is 2.51. The van der Waals surface area contributed by atoms with Crippen LogP contribution in [0.5, 0.6) is 17.2 Å². The molecule has 1 aromatic heterocycles. The molecule has 1 saturated carbocycles. The normalized spacial score (nSPS) is 16.9. The Labute approximate surface area is 204 Å². The Morgan fingerprint density at radius 2 is 1.91 bits per heavy atom. The Morgan fingerprint density at radius 3 is 2.57 bits per heavy atom. The molecule has 2 heterocycles. The predicted molar refractivity (Wildman–Crippen MR) is 132 cm³/mol. The van der Waals surface area contributed by atoms with Crippen molar-refractivity contribution in [1.29, 1.82) is 0 Å². The van der Waals surface area contributed by atoms with Crippen LogP contribution in [0.3, 0.4) is 0 Å². The summed E-state index contributed by atoms with van der Waals surface area (Å²) in [6.07, 6.45) is 0.635. The molecule has 3 aromatic rings. The van der Waals surface area contributed by atoms with E-state index < -0.39 is 11.5 Å². The van der Waals surface area contributed by atoms with E-state index in [9.17, 15) is 15.0 Å². The van der Waals surface area contributed by atoms with Crippen LogP contribution in [0.25, 0.3) is 10.9 Å². The highest BCUT2D eigenvalue weighted by Crippen LogP contribution is 2.51. The first-order valence-electron chi connectivity index (χ1n) is 11.9. The Balaban J connectivity index is 1.50. The first-order chi connectivity index (χ1) is 16.7. The number of rotatable bonds is 7. The number of benzene rings is 2. The summed E-state index contributed by atoms with van der Waals surface area (Å²) in [7, 11) is 1.59. The zero-order chi connectivity index (χ0) is 25.0. The number of hydrogen-bond donors (Lipinski definition) is 3. The minimum absolute atomic E-state index is 0.0658. The average molecular weight is 481 g/mol. The fourth-order valence-corrected chi connectivity index (χ4v) is 4.90. The fourth-order valence-electron chi connectivity index (χ4n) is 4.90. The summed E-state index contributed by atoms with van der Waals surface area (Å²) in [5.74, 6) is 1.90. The number of nitrogens with zero attached hydrogens (tertiary/aromatic N) is 1. The molecule has 1 aliphatic heterocycles. The molecule has 1 aliphatic carbocycles. The lowest BCUT2D eigenvalue weighted by Gasteiger charge is -2.24. The maximum Gasteiger partial charge on any atom is 0.235 e. The summed E-state index contributed by atoms with van der Waals surface area (Å²) in [5, 5.41) is 23.6. The van der Waals surface area contributed by atoms with Crippen LogP contribution in [0.2, 0.25) is 0 Å². The van der Waals surface area contributed by atoms with Crippen molar-refractivity contribution >= 4 is 22.5 Å². The van der Waals surface area contributed by atoms with Crippen LogP contribution in [0.4, 0.5) is 5.69 Å². The van der Waals surface area contributed by atoms with Gasteiger partial charge in [-0.25, -0.2) is 0 Å². The molecular formula is C27H32N2O6. The molecule has 3 N–H and O–H groups in total. The highest BCUT2D eigenvalue weighted by molar-refractivity contribution is 6.03. The molecule has 1 amide bonds. The van der Waals surface area contributed by atoms with Crippen molar-refractivity contribution in [2.45, 2.75) is 57.1 Å². The van der Waals surface area contributed by atoms with Crippen molar-refractivity contribution in [2.24, 2.45) is 0 Å². The van der Waals surface area contributed by atoms with Gasteiger partial charge in [-0.2, -0.15) is 0 Å². The minimum Gasteiger partial charge on any atom is -0.494 e. The third-order valence-electron chi connectivity index (χ3n) is 6.92. The van der Waals surface area contributed by atoms with Gasteiger partial charge in [0.1, 0.15) is 5.75 Å². The molecule has 186 valence electrons. The number of nitrogens with one attached hydrogen (secondary N) is 1. The van der Waals surface area contributed by atoms with Crippen molar-refractivity contribution in [3.05, 3.63) is 47.7 Å². The van der Waals surface area contributed by atoms with Gasteiger partial charge >= 0.3 is 0 Å². The SMILES string of the molecule is COc1cc(NC(=O)C2(c3ccc4c(c3)OCO4)CC2)cc2cc(C(C)(C)C)n(C[C@H](O)CO)c12. The number of aliphatic hydroxyl groups excluding tert-OH is 2. The standard InChI is InChI=1S/C27H32N2O6/c1-26(2,3)23-10-16-9-18(12-22(33-4)24(16)29(23)13-19(31)14-30)28-25(32)27(7-8-27)17-5-6-20-21(11-17)35-15-34-20/h5-6,9-12,19,30-31H,7-8,13-15H2,1-4H3,(H,28,32)/t19-/m0/s1. The van der Waals surface area contributed by atoms with E-state index in [2.05, 4.69) is 32.2 Å². The Morgan fingerprint density at radius 1 is 1.17 bits per heavy atom. The van der Waals surface area contributed by atoms with Gasteiger partial charge in [-0.05, 0) is 42.7 Å². The molecule has 0 spiro atoms. The number of methoxy groups -OCH3 is 1. The zero-order valence-corrected chi connectivity index (χ0v) is 20.6. The molecule has 0 saturated heterocycles. The van der Waals surface area contributed by atoms with E-state index >= 15 is 0 Å². The lowest BCUT2D eigenvalue weighted by atomic mass is 9.92. The first-order valence-corrected chi connectivity index (χ1v) is 11.9. The number of carbonyl (C=O) groups excluding carboxylic acids is 1. The van der Waals surface area contributed by atoms with Crippen LogP contribution in [-0.2, 0) is 22.2 Å². The Hall–Kier alpha value is -3.23. The van der Waals surface area contributed by atoms with Gasteiger partial charge < -0.3 is 34.3 Å². The van der Waals surface area contributed by atoms with E-state index in [-0.39, 0.29) is 31.3 Å². The van der Waals surface area contributed by atoms with Crippen LogP contribution in [-0.4, -0.2) is 47.3 Å². The largest absolute Gasteiger partial charge is 0.494 e. The second-order valence-corrected chi connectivity index (χ2v) is 10.4. The first kappa shape index (κ1) is 23.5. The summed E-state index contributed by atoms with van der Waals surface area (Å²) in [4.78, 5) is 13.5. The van der Waals surface area contributed by atoms with Crippen LogP contribution in [0.15, 0.2) is 36.4 Å². The van der Waals surface area contributed by atoms with E-state index in [4.69, 9.17) is 14.2 Å². The second kappa shape index (κ2) is 8.46. The second-order valence-electron chi connectivity index (χ2n) is 10.4. The lowest BCUT2D eigenvalue weighted by Crippen LogP contribution is -2.27. The fraction of sp³-hybridized carbons (Fsp3) is 0.444. The Kier molecular flexibility index (Phi) is 5.68. The average Bonchev–Trinajstić information content (AvgIpc) is 3.36. The third kappa shape index (κ3) is 4.10. The summed E-state index contributed by atoms with van der Waals surface area (Å²) in [5.41, 5.74) is 2.59. The highest BCUT2D eigenvalue weighted by atomic mass is 16.7. The van der Waals surface area contributed by atoms with Crippen LogP contribution in [0, 0.1) is 0 Å². The van der Waals surface area contributed by atoms with E-state index in [1.54, 1.807) is 7.11 Å². The number of ether oxygens (including phenoxy) is 3. The monoisotopic (exact) mass is 480 g/mol. The third-order valence-corrected chi connectivity index (χ3v) is 6.92. The van der Waals surface area contributed by atoms with Crippen molar-refractivity contribution in [3.8, 4) is 17.2 Å². The molecule has 1 atom stereocenters. The number of amides is 1. The molecule has 35 heavy (non-hydrogen) atoms. The van der Waals surface area contributed by atoms with Crippen molar-refractivity contribution in [1.82, 2.24) is 4.57 Å². The summed E-state index contributed by atoms with van der Waals surface area (Å²) in [6, 6.07) is 11.5. The van der Waals surface area contributed by atoms with Gasteiger partial charge in [0.25, 0.3) is 0 Å². The van der Waals surface area contributed by atoms with Gasteiger partial charge in [0, 0.05) is 28.2 Å². The van der Waals surface area contributed by atoms with E-state index in [1.807, 2.05) is 34.9 Å². The molecule has 0 bridgehead atoms. The number of carbonyl (C=O) groups is 1. The molecule has 8 heteroatoms. The number of aliphatic hydroxyl groups is 2. The van der Waals surface area contributed by atoms with Gasteiger partial charge in [0.15, 0.2) is 11.5 Å². The smallest absolute Gasteiger partial charge is 0.235 e. The van der Waals surface area contributed by atoms with E-state index in [0.29, 0.717) is 22.9 Å². The maximum atomic E-state index is 13.5. The number of hydrogen-bond acceptors (Lipinski definition) is 6. The van der Waals surface area contributed by atoms with Crippen LogP contribution in [0.1, 0.15) is 44.9 Å². The van der Waals surface area contributed by atoms with E-state index in [1.165, 1.54) is 0 Å². The molecule has 5 rings (SSSR count). The molecule has 1 fully saturated rings. The van der Waals surface area contributed by atoms with Crippen molar-refractivity contribution < 1.29 is 29.2 Å².